The standard InChI is InChI=1S/C30H30Cl2FNO10S/c1-13(29(38)39)7-18(35)20-10-16-22(31)27(25(37)23(32)28(16)45-20)44-6-4-5-43-19-9-15-11-34(21(36)8-14(2)30(40)41)12-17(15)24(33)26(19)42-3/h9-10,13-14,37H,4-8,11-12H2,1-3H3,(H,38,39)(H,40,41). The molecule has 2 aromatic carbocycles. The molecule has 0 saturated heterocycles. The number of ether oxygens (including phenoxy) is 3. The van der Waals surface area contributed by atoms with Crippen molar-refractivity contribution in [3.8, 4) is 23.0 Å². The van der Waals surface area contributed by atoms with Crippen LogP contribution in [0.5, 0.6) is 23.0 Å². The van der Waals surface area contributed by atoms with E-state index in [1.165, 1.54) is 31.9 Å². The van der Waals surface area contributed by atoms with Gasteiger partial charge in [0.05, 0.1) is 46.8 Å². The van der Waals surface area contributed by atoms with Gasteiger partial charge in [0.25, 0.3) is 0 Å². The summed E-state index contributed by atoms with van der Waals surface area (Å²) in [7, 11) is 1.29. The van der Waals surface area contributed by atoms with Crippen molar-refractivity contribution >= 4 is 68.3 Å². The molecule has 0 saturated carbocycles. The third-order valence-corrected chi connectivity index (χ3v) is 9.37. The molecule has 1 aromatic heterocycles. The van der Waals surface area contributed by atoms with E-state index in [1.54, 1.807) is 6.07 Å². The molecule has 15 heteroatoms. The molecular formula is C30H30Cl2FNO10S. The molecule has 2 heterocycles. The average molecular weight is 687 g/mol. The topological polar surface area (TPSA) is 160 Å². The Morgan fingerprint density at radius 3 is 2.27 bits per heavy atom. The lowest BCUT2D eigenvalue weighted by molar-refractivity contribution is -0.145. The Bertz CT molecular complexity index is 1680. The fraction of sp³-hybridized carbons (Fsp3) is 0.400. The minimum absolute atomic E-state index is 0.000939. The third-order valence-electron chi connectivity index (χ3n) is 7.32. The molecule has 2 unspecified atom stereocenters. The van der Waals surface area contributed by atoms with Gasteiger partial charge in [0.15, 0.2) is 34.6 Å². The zero-order valence-corrected chi connectivity index (χ0v) is 26.8. The van der Waals surface area contributed by atoms with Gasteiger partial charge in [-0.25, -0.2) is 4.39 Å². The highest BCUT2D eigenvalue weighted by Crippen LogP contribution is 2.49. The van der Waals surface area contributed by atoms with Crippen molar-refractivity contribution in [1.29, 1.82) is 0 Å². The van der Waals surface area contributed by atoms with E-state index in [1.807, 2.05) is 0 Å². The number of aliphatic carboxylic acids is 2. The van der Waals surface area contributed by atoms with Gasteiger partial charge < -0.3 is 34.4 Å². The van der Waals surface area contributed by atoms with Crippen LogP contribution < -0.4 is 14.2 Å². The smallest absolute Gasteiger partial charge is 0.306 e. The van der Waals surface area contributed by atoms with Crippen LogP contribution in [0.4, 0.5) is 4.39 Å². The largest absolute Gasteiger partial charge is 0.503 e. The van der Waals surface area contributed by atoms with Crippen LogP contribution in [0, 0.1) is 17.7 Å². The number of ketones is 1. The summed E-state index contributed by atoms with van der Waals surface area (Å²) >= 11 is 13.8. The lowest BCUT2D eigenvalue weighted by Crippen LogP contribution is -2.28. The molecule has 0 fully saturated rings. The number of nitrogens with zero attached hydrogens (tertiary/aromatic N) is 1. The Balaban J connectivity index is 1.40. The summed E-state index contributed by atoms with van der Waals surface area (Å²) in [4.78, 5) is 49.0. The molecule has 242 valence electrons. The van der Waals surface area contributed by atoms with E-state index in [2.05, 4.69) is 0 Å². The first kappa shape index (κ1) is 34.1. The molecule has 0 aliphatic carbocycles. The van der Waals surface area contributed by atoms with Crippen LogP contribution in [0.3, 0.4) is 0 Å². The van der Waals surface area contributed by atoms with Crippen molar-refractivity contribution in [2.75, 3.05) is 20.3 Å². The SMILES string of the molecule is COc1c(OCCCOc2c(O)c(Cl)c3sc(C(=O)CC(C)C(=O)O)cc3c2Cl)cc2c(c1F)CN(C(=O)CC(C)C(=O)O)C2. The predicted molar refractivity (Wildman–Crippen MR) is 163 cm³/mol. The molecule has 0 spiro atoms. The number of amides is 1. The van der Waals surface area contributed by atoms with Gasteiger partial charge in [-0.2, -0.15) is 0 Å². The monoisotopic (exact) mass is 685 g/mol. The number of Topliss-reactive ketones (excluding diaryl/α,β-unsaturated/α-hetero) is 1. The first-order valence-corrected chi connectivity index (χ1v) is 15.4. The number of benzene rings is 2. The van der Waals surface area contributed by atoms with Crippen LogP contribution in [0.15, 0.2) is 12.1 Å². The zero-order chi connectivity index (χ0) is 33.2. The van der Waals surface area contributed by atoms with Gasteiger partial charge in [-0.3, -0.25) is 19.2 Å². The summed E-state index contributed by atoms with van der Waals surface area (Å²) in [6.07, 6.45) is -0.166. The van der Waals surface area contributed by atoms with Gasteiger partial charge in [0.2, 0.25) is 5.91 Å². The number of carboxylic acids is 2. The molecule has 3 N–H and O–H groups in total. The van der Waals surface area contributed by atoms with Gasteiger partial charge in [0.1, 0.15) is 5.02 Å². The van der Waals surface area contributed by atoms with Crippen molar-refractivity contribution in [1.82, 2.24) is 4.90 Å². The second-order valence-corrected chi connectivity index (χ2v) is 12.4. The molecule has 0 radical (unpaired) electrons. The van der Waals surface area contributed by atoms with E-state index in [0.717, 1.165) is 11.3 Å². The lowest BCUT2D eigenvalue weighted by atomic mass is 10.0. The molecule has 4 rings (SSSR count). The Hall–Kier alpha value is -3.81. The van der Waals surface area contributed by atoms with Crippen molar-refractivity contribution in [3.63, 3.8) is 0 Å². The fourth-order valence-electron chi connectivity index (χ4n) is 4.71. The molecule has 2 atom stereocenters. The molecule has 45 heavy (non-hydrogen) atoms. The number of hydrogen-bond acceptors (Lipinski definition) is 9. The highest BCUT2D eigenvalue weighted by Gasteiger charge is 2.31. The van der Waals surface area contributed by atoms with Crippen LogP contribution in [0.2, 0.25) is 10.0 Å². The van der Waals surface area contributed by atoms with Crippen molar-refractivity contribution in [2.24, 2.45) is 11.8 Å². The molecule has 1 aliphatic heterocycles. The first-order chi connectivity index (χ1) is 21.2. The molecular weight excluding hydrogens is 656 g/mol. The van der Waals surface area contributed by atoms with Crippen LogP contribution in [-0.2, 0) is 27.5 Å². The minimum Gasteiger partial charge on any atom is -0.503 e. The number of carbonyl (C=O) groups excluding carboxylic acids is 2. The number of thiophene rings is 1. The number of phenolic OH excluding ortho intramolecular Hbond substituents is 1. The second-order valence-electron chi connectivity index (χ2n) is 10.6. The number of halogens is 3. The van der Waals surface area contributed by atoms with Crippen molar-refractivity contribution in [2.45, 2.75) is 46.2 Å². The van der Waals surface area contributed by atoms with E-state index in [4.69, 9.17) is 47.6 Å². The maximum Gasteiger partial charge on any atom is 0.306 e. The van der Waals surface area contributed by atoms with E-state index < -0.39 is 47.0 Å². The number of carboxylic acid groups (broad SMARTS) is 2. The number of rotatable bonds is 14. The molecule has 1 amide bonds. The summed E-state index contributed by atoms with van der Waals surface area (Å²) in [5.41, 5.74) is 0.785. The lowest BCUT2D eigenvalue weighted by Gasteiger charge is -2.16. The average Bonchev–Trinajstić information content (AvgIpc) is 3.63. The van der Waals surface area contributed by atoms with Gasteiger partial charge in [0, 0.05) is 43.3 Å². The summed E-state index contributed by atoms with van der Waals surface area (Å²) in [6, 6.07) is 3.06. The Morgan fingerprint density at radius 1 is 0.978 bits per heavy atom. The fourth-order valence-corrected chi connectivity index (χ4v) is 6.42. The number of methoxy groups -OCH3 is 1. The Labute approximate surface area is 271 Å². The van der Waals surface area contributed by atoms with E-state index in [-0.39, 0.29) is 83.3 Å². The maximum atomic E-state index is 15.3. The number of carbonyl (C=O) groups is 4. The van der Waals surface area contributed by atoms with Crippen molar-refractivity contribution < 1.29 is 53.1 Å². The van der Waals surface area contributed by atoms with Gasteiger partial charge in [-0.05, 0) is 17.7 Å². The van der Waals surface area contributed by atoms with E-state index in [9.17, 15) is 24.3 Å². The second kappa shape index (κ2) is 14.1. The number of fused-ring (bicyclic) bond motifs is 2. The highest BCUT2D eigenvalue weighted by molar-refractivity contribution is 7.21. The van der Waals surface area contributed by atoms with Crippen LogP contribution in [0.25, 0.3) is 10.1 Å². The van der Waals surface area contributed by atoms with Gasteiger partial charge in [-0.1, -0.05) is 37.0 Å². The number of phenols is 1. The third kappa shape index (κ3) is 7.21. The molecule has 11 nitrogen and oxygen atoms in total. The van der Waals surface area contributed by atoms with Crippen LogP contribution in [-0.4, -0.2) is 64.2 Å². The summed E-state index contributed by atoms with van der Waals surface area (Å²) < 4.78 is 32.4. The van der Waals surface area contributed by atoms with Gasteiger partial charge in [-0.15, -0.1) is 11.3 Å². The summed E-state index contributed by atoms with van der Waals surface area (Å²) in [5, 5.41) is 29.2. The molecule has 1 aliphatic rings. The molecule has 0 bridgehead atoms. The summed E-state index contributed by atoms with van der Waals surface area (Å²) in [5.74, 6) is -5.97. The van der Waals surface area contributed by atoms with Crippen molar-refractivity contribution in [3.05, 3.63) is 44.0 Å². The highest BCUT2D eigenvalue weighted by atomic mass is 35.5. The summed E-state index contributed by atoms with van der Waals surface area (Å²) in [6.45, 7) is 2.97. The number of aromatic hydroxyl groups is 1. The number of hydrogen-bond donors (Lipinski definition) is 3. The predicted octanol–water partition coefficient (Wildman–Crippen LogP) is 6.16. The van der Waals surface area contributed by atoms with E-state index >= 15 is 4.39 Å². The first-order valence-electron chi connectivity index (χ1n) is 13.8. The van der Waals surface area contributed by atoms with Crippen LogP contribution in [0.1, 0.15) is 53.9 Å². The minimum atomic E-state index is -1.10. The van der Waals surface area contributed by atoms with Gasteiger partial charge >= 0.3 is 11.9 Å². The normalized spacial score (nSPS) is 13.8. The molecule has 3 aromatic rings. The Kier molecular flexibility index (Phi) is 10.7. The maximum absolute atomic E-state index is 15.3. The zero-order valence-electron chi connectivity index (χ0n) is 24.4. The Morgan fingerprint density at radius 2 is 1.62 bits per heavy atom. The van der Waals surface area contributed by atoms with Crippen LogP contribution >= 0.6 is 34.5 Å². The van der Waals surface area contributed by atoms with E-state index in [0.29, 0.717) is 15.6 Å². The quantitative estimate of drug-likeness (QED) is 0.133.